The molecule has 0 aromatic heterocycles. The Balaban J connectivity index is 1.77. The van der Waals surface area contributed by atoms with Crippen LogP contribution in [0.2, 0.25) is 0 Å². The number of imide groups is 1. The summed E-state index contributed by atoms with van der Waals surface area (Å²) in [5.74, 6) is -0.128. The highest BCUT2D eigenvalue weighted by Crippen LogP contribution is 2.29. The highest BCUT2D eigenvalue weighted by atomic mass is 16.5. The van der Waals surface area contributed by atoms with Crippen LogP contribution in [0.25, 0.3) is 0 Å². The van der Waals surface area contributed by atoms with Crippen LogP contribution in [0, 0.1) is 0 Å². The van der Waals surface area contributed by atoms with E-state index in [0.717, 1.165) is 18.7 Å². The highest BCUT2D eigenvalue weighted by Gasteiger charge is 2.51. The van der Waals surface area contributed by atoms with Gasteiger partial charge in [-0.05, 0) is 31.5 Å². The van der Waals surface area contributed by atoms with Crippen molar-refractivity contribution in [3.8, 4) is 0 Å². The van der Waals surface area contributed by atoms with Crippen molar-refractivity contribution in [3.05, 3.63) is 35.9 Å². The number of amides is 3. The molecule has 2 fully saturated rings. The van der Waals surface area contributed by atoms with Gasteiger partial charge in [-0.2, -0.15) is 0 Å². The molecule has 0 radical (unpaired) electrons. The SMILES string of the molecule is COC(CN1C(=O)NC2(CCNCC2)C1=O)c1ccccc1. The van der Waals surface area contributed by atoms with E-state index in [-0.39, 0.29) is 24.6 Å². The van der Waals surface area contributed by atoms with E-state index >= 15 is 0 Å². The highest BCUT2D eigenvalue weighted by molar-refractivity contribution is 6.07. The Morgan fingerprint density at radius 2 is 1.91 bits per heavy atom. The molecule has 2 N–H and O–H groups in total. The first-order chi connectivity index (χ1) is 10.7. The lowest BCUT2D eigenvalue weighted by atomic mass is 9.88. The van der Waals surface area contributed by atoms with Gasteiger partial charge < -0.3 is 15.4 Å². The zero-order valence-electron chi connectivity index (χ0n) is 12.7. The standard InChI is InChI=1S/C16H21N3O3/c1-22-13(12-5-3-2-4-6-12)11-19-14(20)16(18-15(19)21)7-9-17-10-8-16/h2-6,13,17H,7-11H2,1H3,(H,18,21). The number of carbonyl (C=O) groups is 2. The lowest BCUT2D eigenvalue weighted by Gasteiger charge is -2.31. The van der Waals surface area contributed by atoms with Gasteiger partial charge in [-0.3, -0.25) is 9.69 Å². The summed E-state index contributed by atoms with van der Waals surface area (Å²) in [5.41, 5.74) is 0.231. The fourth-order valence-electron chi connectivity index (χ4n) is 3.18. The van der Waals surface area contributed by atoms with E-state index in [9.17, 15) is 9.59 Å². The summed E-state index contributed by atoms with van der Waals surface area (Å²) in [6, 6.07) is 9.32. The maximum Gasteiger partial charge on any atom is 0.325 e. The van der Waals surface area contributed by atoms with E-state index < -0.39 is 5.54 Å². The summed E-state index contributed by atoms with van der Waals surface area (Å²) in [6.07, 6.45) is 0.960. The monoisotopic (exact) mass is 303 g/mol. The number of nitrogens with one attached hydrogen (secondary N) is 2. The molecule has 1 spiro atoms. The van der Waals surface area contributed by atoms with E-state index in [4.69, 9.17) is 4.74 Å². The lowest BCUT2D eigenvalue weighted by Crippen LogP contribution is -2.54. The summed E-state index contributed by atoms with van der Waals surface area (Å²) < 4.78 is 5.48. The normalized spacial score (nSPS) is 22.0. The van der Waals surface area contributed by atoms with Crippen LogP contribution < -0.4 is 10.6 Å². The van der Waals surface area contributed by atoms with Gasteiger partial charge in [0.15, 0.2) is 0 Å². The minimum Gasteiger partial charge on any atom is -0.375 e. The number of ether oxygens (including phenoxy) is 1. The second-order valence-electron chi connectivity index (χ2n) is 5.81. The van der Waals surface area contributed by atoms with Crippen LogP contribution in [0.1, 0.15) is 24.5 Å². The van der Waals surface area contributed by atoms with Gasteiger partial charge in [0, 0.05) is 7.11 Å². The molecule has 6 nitrogen and oxygen atoms in total. The molecule has 0 aliphatic carbocycles. The van der Waals surface area contributed by atoms with Gasteiger partial charge in [0.25, 0.3) is 5.91 Å². The maximum atomic E-state index is 12.7. The quantitative estimate of drug-likeness (QED) is 0.816. The molecule has 1 aromatic rings. The van der Waals surface area contributed by atoms with E-state index in [2.05, 4.69) is 10.6 Å². The van der Waals surface area contributed by atoms with Gasteiger partial charge in [0.2, 0.25) is 0 Å². The Morgan fingerprint density at radius 3 is 2.55 bits per heavy atom. The van der Waals surface area contributed by atoms with Gasteiger partial charge in [0.05, 0.1) is 6.54 Å². The number of methoxy groups -OCH3 is 1. The van der Waals surface area contributed by atoms with Crippen molar-refractivity contribution in [2.45, 2.75) is 24.5 Å². The van der Waals surface area contributed by atoms with E-state index in [1.807, 2.05) is 30.3 Å². The van der Waals surface area contributed by atoms with Gasteiger partial charge in [0.1, 0.15) is 11.6 Å². The molecule has 22 heavy (non-hydrogen) atoms. The molecule has 2 saturated heterocycles. The Bertz CT molecular complexity index is 555. The molecule has 118 valence electrons. The summed E-state index contributed by atoms with van der Waals surface area (Å²) in [5, 5.41) is 6.11. The molecule has 2 heterocycles. The summed E-state index contributed by atoms with van der Waals surface area (Å²) in [4.78, 5) is 26.3. The van der Waals surface area contributed by atoms with Crippen LogP contribution in [0.15, 0.2) is 30.3 Å². The fourth-order valence-corrected chi connectivity index (χ4v) is 3.18. The van der Waals surface area contributed by atoms with Crippen LogP contribution in [-0.2, 0) is 9.53 Å². The fraction of sp³-hybridized carbons (Fsp3) is 0.500. The molecular weight excluding hydrogens is 282 g/mol. The molecule has 6 heteroatoms. The molecule has 3 amide bonds. The molecule has 0 bridgehead atoms. The molecule has 1 atom stereocenters. The molecule has 2 aliphatic heterocycles. The van der Waals surface area contributed by atoms with Crippen LogP contribution in [0.4, 0.5) is 4.79 Å². The van der Waals surface area contributed by atoms with Crippen molar-refractivity contribution in [1.29, 1.82) is 0 Å². The molecule has 2 aliphatic rings. The predicted molar refractivity (Wildman–Crippen MR) is 81.3 cm³/mol. The van der Waals surface area contributed by atoms with Crippen molar-refractivity contribution in [3.63, 3.8) is 0 Å². The molecule has 3 rings (SSSR count). The maximum absolute atomic E-state index is 12.7. The predicted octanol–water partition coefficient (Wildman–Crippen LogP) is 1.05. The zero-order valence-corrected chi connectivity index (χ0v) is 12.7. The molecular formula is C16H21N3O3. The minimum atomic E-state index is -0.725. The van der Waals surface area contributed by atoms with Crippen LogP contribution in [-0.4, -0.2) is 49.1 Å². The Morgan fingerprint density at radius 1 is 1.23 bits per heavy atom. The second-order valence-corrected chi connectivity index (χ2v) is 5.81. The largest absolute Gasteiger partial charge is 0.375 e. The Hall–Kier alpha value is -1.92. The summed E-state index contributed by atoms with van der Waals surface area (Å²) in [7, 11) is 1.59. The number of hydrogen-bond donors (Lipinski definition) is 2. The van der Waals surface area contributed by atoms with Gasteiger partial charge in [-0.1, -0.05) is 30.3 Å². The lowest BCUT2D eigenvalue weighted by molar-refractivity contribution is -0.133. The number of carbonyl (C=O) groups excluding carboxylic acids is 2. The number of nitrogens with zero attached hydrogens (tertiary/aromatic N) is 1. The van der Waals surface area contributed by atoms with E-state index in [0.29, 0.717) is 12.8 Å². The molecule has 0 saturated carbocycles. The third-order valence-corrected chi connectivity index (χ3v) is 4.51. The van der Waals surface area contributed by atoms with E-state index in [1.54, 1.807) is 7.11 Å². The smallest absolute Gasteiger partial charge is 0.325 e. The molecule has 1 unspecified atom stereocenters. The first-order valence-corrected chi connectivity index (χ1v) is 7.59. The third-order valence-electron chi connectivity index (χ3n) is 4.51. The van der Waals surface area contributed by atoms with Crippen molar-refractivity contribution in [1.82, 2.24) is 15.5 Å². The number of benzene rings is 1. The minimum absolute atomic E-state index is 0.128. The first-order valence-electron chi connectivity index (χ1n) is 7.59. The topological polar surface area (TPSA) is 70.7 Å². The summed E-state index contributed by atoms with van der Waals surface area (Å²) >= 11 is 0. The summed E-state index contributed by atoms with van der Waals surface area (Å²) in [6.45, 7) is 1.72. The molecule has 1 aromatic carbocycles. The average Bonchev–Trinajstić information content (AvgIpc) is 2.77. The van der Waals surface area contributed by atoms with E-state index in [1.165, 1.54) is 4.90 Å². The second kappa shape index (κ2) is 6.06. The van der Waals surface area contributed by atoms with Crippen LogP contribution >= 0.6 is 0 Å². The van der Waals surface area contributed by atoms with Crippen molar-refractivity contribution in [2.24, 2.45) is 0 Å². The number of hydrogen-bond acceptors (Lipinski definition) is 4. The number of rotatable bonds is 4. The van der Waals surface area contributed by atoms with Crippen molar-refractivity contribution >= 4 is 11.9 Å². The first kappa shape index (κ1) is 15.0. The van der Waals surface area contributed by atoms with Crippen LogP contribution in [0.5, 0.6) is 0 Å². The average molecular weight is 303 g/mol. The Kier molecular flexibility index (Phi) is 4.13. The number of piperidine rings is 1. The Labute approximate surface area is 129 Å². The van der Waals surface area contributed by atoms with Gasteiger partial charge in [-0.15, -0.1) is 0 Å². The van der Waals surface area contributed by atoms with Crippen molar-refractivity contribution in [2.75, 3.05) is 26.7 Å². The third kappa shape index (κ3) is 2.60. The zero-order chi connectivity index (χ0) is 15.6. The van der Waals surface area contributed by atoms with Gasteiger partial charge in [-0.25, -0.2) is 4.79 Å². The van der Waals surface area contributed by atoms with Gasteiger partial charge >= 0.3 is 6.03 Å². The van der Waals surface area contributed by atoms with Crippen LogP contribution in [0.3, 0.4) is 0 Å². The number of urea groups is 1. The van der Waals surface area contributed by atoms with Crippen molar-refractivity contribution < 1.29 is 14.3 Å².